The van der Waals surface area contributed by atoms with Crippen molar-refractivity contribution in [1.82, 2.24) is 4.90 Å². The number of amides is 1. The highest BCUT2D eigenvalue weighted by molar-refractivity contribution is 5.96. The van der Waals surface area contributed by atoms with Crippen LogP contribution in [0.3, 0.4) is 0 Å². The lowest BCUT2D eigenvalue weighted by Gasteiger charge is -2.30. The standard InChI is InChI=1S/C30H42N2O3/c1-22(2)18-24-10-12-25(13-11-24)20-31-16-8-6-5-7-9-17-32(29(33)23(3)4)28-15-14-26(30(34)35)19-27(28)21-31/h10-15,19,22-23H,5-9,16-18,20-21H2,1-4H3,(H,34,35). The van der Waals surface area contributed by atoms with Crippen molar-refractivity contribution in [1.29, 1.82) is 0 Å². The lowest BCUT2D eigenvalue weighted by atomic mass is 10.0. The number of fused-ring (bicyclic) bond motifs is 1. The Morgan fingerprint density at radius 3 is 2.11 bits per heavy atom. The third-order valence-corrected chi connectivity index (χ3v) is 6.70. The summed E-state index contributed by atoms with van der Waals surface area (Å²) in [6.45, 7) is 11.4. The minimum Gasteiger partial charge on any atom is -0.478 e. The van der Waals surface area contributed by atoms with Gasteiger partial charge in [0.1, 0.15) is 0 Å². The summed E-state index contributed by atoms with van der Waals surface area (Å²) in [6.07, 6.45) is 6.60. The first-order chi connectivity index (χ1) is 16.7. The van der Waals surface area contributed by atoms with Crippen molar-refractivity contribution >= 4 is 17.6 Å². The maximum Gasteiger partial charge on any atom is 0.335 e. The number of aromatic carboxylic acids is 1. The van der Waals surface area contributed by atoms with E-state index in [0.717, 1.165) is 50.0 Å². The molecule has 0 aromatic heterocycles. The second-order valence-electron chi connectivity index (χ2n) is 10.7. The van der Waals surface area contributed by atoms with Crippen molar-refractivity contribution in [2.45, 2.75) is 79.3 Å². The summed E-state index contributed by atoms with van der Waals surface area (Å²) in [7, 11) is 0. The zero-order valence-electron chi connectivity index (χ0n) is 21.9. The second-order valence-corrected chi connectivity index (χ2v) is 10.7. The van der Waals surface area contributed by atoms with Crippen molar-refractivity contribution < 1.29 is 14.7 Å². The number of carbonyl (C=O) groups is 2. The molecule has 2 aromatic rings. The number of rotatable bonds is 6. The van der Waals surface area contributed by atoms with E-state index < -0.39 is 5.97 Å². The molecule has 0 unspecified atom stereocenters. The molecule has 0 saturated heterocycles. The maximum atomic E-state index is 13.2. The summed E-state index contributed by atoms with van der Waals surface area (Å²) in [5.74, 6) is -0.325. The van der Waals surface area contributed by atoms with Crippen LogP contribution in [0, 0.1) is 11.8 Å². The third kappa shape index (κ3) is 7.93. The molecule has 0 saturated carbocycles. The lowest BCUT2D eigenvalue weighted by molar-refractivity contribution is -0.121. The molecule has 1 amide bonds. The molecule has 5 nitrogen and oxygen atoms in total. The topological polar surface area (TPSA) is 60.9 Å². The molecule has 1 heterocycles. The molecular weight excluding hydrogens is 436 g/mol. The number of hydrogen-bond donors (Lipinski definition) is 1. The molecular formula is C30H42N2O3. The monoisotopic (exact) mass is 478 g/mol. The van der Waals surface area contributed by atoms with Crippen LogP contribution in [0.5, 0.6) is 0 Å². The minimum absolute atomic E-state index is 0.0960. The Balaban J connectivity index is 1.94. The van der Waals surface area contributed by atoms with Crippen LogP contribution in [0.25, 0.3) is 0 Å². The summed E-state index contributed by atoms with van der Waals surface area (Å²) < 4.78 is 0. The van der Waals surface area contributed by atoms with E-state index in [2.05, 4.69) is 43.0 Å². The molecule has 3 rings (SSSR count). The van der Waals surface area contributed by atoms with Gasteiger partial charge in [-0.15, -0.1) is 0 Å². The fraction of sp³-hybridized carbons (Fsp3) is 0.533. The molecule has 0 atom stereocenters. The van der Waals surface area contributed by atoms with E-state index in [4.69, 9.17) is 0 Å². The van der Waals surface area contributed by atoms with Gasteiger partial charge in [0.05, 0.1) is 5.56 Å². The molecule has 0 fully saturated rings. The number of hydrogen-bond acceptors (Lipinski definition) is 3. The molecule has 2 aromatic carbocycles. The van der Waals surface area contributed by atoms with Crippen LogP contribution in [0.15, 0.2) is 42.5 Å². The van der Waals surface area contributed by atoms with E-state index in [9.17, 15) is 14.7 Å². The minimum atomic E-state index is -0.937. The number of anilines is 1. The van der Waals surface area contributed by atoms with Gasteiger partial charge in [-0.2, -0.15) is 0 Å². The van der Waals surface area contributed by atoms with Gasteiger partial charge >= 0.3 is 5.97 Å². The van der Waals surface area contributed by atoms with E-state index >= 15 is 0 Å². The van der Waals surface area contributed by atoms with Crippen molar-refractivity contribution in [3.63, 3.8) is 0 Å². The zero-order chi connectivity index (χ0) is 25.4. The van der Waals surface area contributed by atoms with Crippen LogP contribution in [0.4, 0.5) is 5.69 Å². The van der Waals surface area contributed by atoms with Gasteiger partial charge in [-0.25, -0.2) is 4.79 Å². The Morgan fingerprint density at radius 2 is 1.49 bits per heavy atom. The van der Waals surface area contributed by atoms with Crippen molar-refractivity contribution in [2.75, 3.05) is 18.0 Å². The molecule has 0 aliphatic carbocycles. The van der Waals surface area contributed by atoms with Gasteiger partial charge in [0, 0.05) is 31.2 Å². The first-order valence-corrected chi connectivity index (χ1v) is 13.2. The predicted octanol–water partition coefficient (Wildman–Crippen LogP) is 6.54. The van der Waals surface area contributed by atoms with Crippen LogP contribution in [0.2, 0.25) is 0 Å². The highest BCUT2D eigenvalue weighted by atomic mass is 16.4. The van der Waals surface area contributed by atoms with Crippen LogP contribution >= 0.6 is 0 Å². The highest BCUT2D eigenvalue weighted by Gasteiger charge is 2.23. The average molecular weight is 479 g/mol. The molecule has 1 N–H and O–H groups in total. The molecule has 0 bridgehead atoms. The average Bonchev–Trinajstić information content (AvgIpc) is 2.80. The van der Waals surface area contributed by atoms with Gasteiger partial charge in [0.25, 0.3) is 0 Å². The normalized spacial score (nSPS) is 16.0. The van der Waals surface area contributed by atoms with Gasteiger partial charge in [0.2, 0.25) is 5.91 Å². The van der Waals surface area contributed by atoms with Crippen LogP contribution in [-0.2, 0) is 24.3 Å². The summed E-state index contributed by atoms with van der Waals surface area (Å²) in [5, 5.41) is 9.65. The van der Waals surface area contributed by atoms with Crippen molar-refractivity contribution in [2.24, 2.45) is 11.8 Å². The number of carbonyl (C=O) groups excluding carboxylic acids is 1. The fourth-order valence-corrected chi connectivity index (χ4v) is 4.87. The number of carboxylic acid groups (broad SMARTS) is 1. The molecule has 190 valence electrons. The molecule has 5 heteroatoms. The first-order valence-electron chi connectivity index (χ1n) is 13.2. The van der Waals surface area contributed by atoms with E-state index in [1.807, 2.05) is 24.8 Å². The summed E-state index contributed by atoms with van der Waals surface area (Å²) in [5.41, 5.74) is 4.65. The van der Waals surface area contributed by atoms with Gasteiger partial charge in [-0.05, 0) is 66.6 Å². The SMILES string of the molecule is CC(C)Cc1ccc(CN2CCCCCCCN(C(=O)C(C)C)c3ccc(C(=O)O)cc3C2)cc1. The molecule has 1 aliphatic heterocycles. The van der Waals surface area contributed by atoms with Crippen LogP contribution in [0.1, 0.15) is 86.8 Å². The quantitative estimate of drug-likeness (QED) is 0.512. The fourth-order valence-electron chi connectivity index (χ4n) is 4.87. The van der Waals surface area contributed by atoms with Crippen molar-refractivity contribution in [3.05, 3.63) is 64.7 Å². The highest BCUT2D eigenvalue weighted by Crippen LogP contribution is 2.28. The largest absolute Gasteiger partial charge is 0.478 e. The van der Waals surface area contributed by atoms with Gasteiger partial charge < -0.3 is 10.0 Å². The summed E-state index contributed by atoms with van der Waals surface area (Å²) >= 11 is 0. The Kier molecular flexibility index (Phi) is 9.91. The van der Waals surface area contributed by atoms with E-state index in [0.29, 0.717) is 19.0 Å². The Morgan fingerprint density at radius 1 is 0.857 bits per heavy atom. The predicted molar refractivity (Wildman–Crippen MR) is 143 cm³/mol. The third-order valence-electron chi connectivity index (χ3n) is 6.70. The smallest absolute Gasteiger partial charge is 0.335 e. The lowest BCUT2D eigenvalue weighted by Crippen LogP contribution is -2.37. The second kappa shape index (κ2) is 12.9. The van der Waals surface area contributed by atoms with E-state index in [1.165, 1.54) is 24.0 Å². The number of benzene rings is 2. The van der Waals surface area contributed by atoms with Gasteiger partial charge in [-0.3, -0.25) is 9.69 Å². The Labute approximate surface area is 211 Å². The zero-order valence-corrected chi connectivity index (χ0v) is 21.9. The summed E-state index contributed by atoms with van der Waals surface area (Å²) in [6, 6.07) is 14.1. The van der Waals surface area contributed by atoms with Crippen LogP contribution < -0.4 is 4.90 Å². The Bertz CT molecular complexity index is 982. The summed E-state index contributed by atoms with van der Waals surface area (Å²) in [4.78, 5) is 29.2. The molecule has 0 spiro atoms. The Hall–Kier alpha value is -2.66. The van der Waals surface area contributed by atoms with E-state index in [-0.39, 0.29) is 17.4 Å². The number of carboxylic acids is 1. The van der Waals surface area contributed by atoms with E-state index in [1.54, 1.807) is 12.1 Å². The van der Waals surface area contributed by atoms with Gasteiger partial charge in [-0.1, -0.05) is 71.2 Å². The molecule has 0 radical (unpaired) electrons. The van der Waals surface area contributed by atoms with Crippen molar-refractivity contribution in [3.8, 4) is 0 Å². The first kappa shape index (κ1) is 26.9. The molecule has 35 heavy (non-hydrogen) atoms. The van der Waals surface area contributed by atoms with Crippen LogP contribution in [-0.4, -0.2) is 35.0 Å². The maximum absolute atomic E-state index is 13.2. The molecule has 1 aliphatic rings. The number of nitrogens with zero attached hydrogens (tertiary/aromatic N) is 2. The van der Waals surface area contributed by atoms with Gasteiger partial charge in [0.15, 0.2) is 0 Å².